The Labute approximate surface area is 140 Å². The molecule has 0 fully saturated rings. The quantitative estimate of drug-likeness (QED) is 0.790. The van der Waals surface area contributed by atoms with Crippen LogP contribution in [0.4, 0.5) is 5.69 Å². The first-order valence-electron chi connectivity index (χ1n) is 7.08. The monoisotopic (exact) mass is 337 g/mol. The van der Waals surface area contributed by atoms with Gasteiger partial charge in [0.05, 0.1) is 18.2 Å². The second-order valence-corrected chi connectivity index (χ2v) is 7.83. The number of fused-ring (bicyclic) bond motifs is 1. The normalized spacial score (nSPS) is 17.4. The van der Waals surface area contributed by atoms with E-state index in [9.17, 15) is 9.59 Å². The van der Waals surface area contributed by atoms with Crippen LogP contribution in [-0.4, -0.2) is 27.6 Å². The van der Waals surface area contributed by atoms with E-state index in [2.05, 4.69) is 0 Å². The molecule has 2 rings (SSSR count). The summed E-state index contributed by atoms with van der Waals surface area (Å²) in [5.74, 6) is -0.908. The fraction of sp³-hybridized carbons (Fsp3) is 0.438. The molecule has 0 N–H and O–H groups in total. The topological polar surface area (TPSA) is 46.6 Å². The third kappa shape index (κ3) is 3.03. The highest BCUT2D eigenvalue weighted by Crippen LogP contribution is 2.48. The van der Waals surface area contributed by atoms with Crippen LogP contribution in [-0.2, 0) is 14.3 Å². The minimum absolute atomic E-state index is 0.203. The van der Waals surface area contributed by atoms with E-state index in [4.69, 9.17) is 17.0 Å². The zero-order chi connectivity index (χ0) is 16.5. The summed E-state index contributed by atoms with van der Waals surface area (Å²) in [6.07, 6.45) is 0. The average molecular weight is 337 g/mol. The molecule has 1 aliphatic heterocycles. The zero-order valence-corrected chi connectivity index (χ0v) is 14.7. The van der Waals surface area contributed by atoms with Crippen molar-refractivity contribution in [2.75, 3.05) is 11.5 Å². The van der Waals surface area contributed by atoms with Gasteiger partial charge < -0.3 is 4.74 Å². The lowest BCUT2D eigenvalue weighted by atomic mass is 9.89. The van der Waals surface area contributed by atoms with E-state index in [-0.39, 0.29) is 11.8 Å². The predicted octanol–water partition coefficient (Wildman–Crippen LogP) is 3.50. The Bertz CT molecular complexity index is 628. The van der Waals surface area contributed by atoms with E-state index >= 15 is 0 Å². The van der Waals surface area contributed by atoms with Crippen molar-refractivity contribution >= 4 is 45.9 Å². The van der Waals surface area contributed by atoms with Crippen LogP contribution in [0.25, 0.3) is 0 Å². The van der Waals surface area contributed by atoms with Gasteiger partial charge in [-0.15, -0.1) is 0 Å². The van der Waals surface area contributed by atoms with E-state index < -0.39 is 10.7 Å². The lowest BCUT2D eigenvalue weighted by Gasteiger charge is -2.29. The van der Waals surface area contributed by atoms with Gasteiger partial charge in [-0.1, -0.05) is 30.0 Å². The Balaban J connectivity index is 2.40. The molecule has 22 heavy (non-hydrogen) atoms. The van der Waals surface area contributed by atoms with E-state index in [1.54, 1.807) is 6.07 Å². The van der Waals surface area contributed by atoms with Crippen LogP contribution >= 0.6 is 24.0 Å². The first-order chi connectivity index (χ1) is 10.3. The molecule has 1 atom stereocenters. The number of nitrogens with zero attached hydrogens (tertiary/aromatic N) is 1. The Morgan fingerprint density at radius 3 is 2.64 bits per heavy atom. The number of imide groups is 1. The molecule has 1 aliphatic rings. The fourth-order valence-corrected chi connectivity index (χ4v) is 4.45. The number of amides is 2. The number of anilines is 1. The van der Waals surface area contributed by atoms with Gasteiger partial charge in [-0.3, -0.25) is 9.59 Å². The summed E-state index contributed by atoms with van der Waals surface area (Å²) in [5, 5.41) is 0. The molecule has 0 spiro atoms. The van der Waals surface area contributed by atoms with Gasteiger partial charge in [0.25, 0.3) is 0 Å². The number of carbonyl (C=O) groups excluding carboxylic acids is 2. The number of thiocarbonyl (C=S) groups is 1. The second kappa shape index (κ2) is 6.38. The molecule has 1 aromatic carbocycles. The molecule has 0 saturated carbocycles. The minimum Gasteiger partial charge on any atom is -0.479 e. The number of hydrogen-bond donors (Lipinski definition) is 0. The summed E-state index contributed by atoms with van der Waals surface area (Å²) < 4.78 is 5.24. The molecule has 1 aromatic rings. The molecule has 0 aromatic heterocycles. The highest BCUT2D eigenvalue weighted by Gasteiger charge is 2.48. The minimum atomic E-state index is -0.510. The summed E-state index contributed by atoms with van der Waals surface area (Å²) in [4.78, 5) is 25.9. The van der Waals surface area contributed by atoms with Gasteiger partial charge in [0.15, 0.2) is 0 Å². The van der Waals surface area contributed by atoms with Crippen molar-refractivity contribution in [3.63, 3.8) is 0 Å². The molecule has 6 heteroatoms. The maximum atomic E-state index is 12.8. The predicted molar refractivity (Wildman–Crippen MR) is 93.2 cm³/mol. The molecule has 1 unspecified atom stereocenters. The van der Waals surface area contributed by atoms with Gasteiger partial charge in [0.2, 0.25) is 16.2 Å². The smallest absolute Gasteiger partial charge is 0.242 e. The van der Waals surface area contributed by atoms with Gasteiger partial charge in [-0.05, 0) is 44.6 Å². The van der Waals surface area contributed by atoms with E-state index in [1.807, 2.05) is 39.0 Å². The van der Waals surface area contributed by atoms with Crippen LogP contribution in [0.1, 0.15) is 39.2 Å². The van der Waals surface area contributed by atoms with Crippen LogP contribution in [0.15, 0.2) is 24.3 Å². The number of rotatable bonds is 3. The van der Waals surface area contributed by atoms with Crippen molar-refractivity contribution in [3.8, 4) is 0 Å². The first kappa shape index (κ1) is 17.0. The van der Waals surface area contributed by atoms with Crippen LogP contribution in [0.2, 0.25) is 0 Å². The SMILES string of the molecule is CCOC(=S)SC(C)(C)C1C(=O)N(C(C)=O)c2ccccc21. The molecular weight excluding hydrogens is 318 g/mol. The third-order valence-corrected chi connectivity index (χ3v) is 4.99. The number of thioether (sulfide) groups is 1. The van der Waals surface area contributed by atoms with Crippen molar-refractivity contribution < 1.29 is 14.3 Å². The van der Waals surface area contributed by atoms with Gasteiger partial charge in [-0.25, -0.2) is 4.90 Å². The molecule has 1 heterocycles. The molecule has 0 saturated heterocycles. The molecule has 0 bridgehead atoms. The van der Waals surface area contributed by atoms with Gasteiger partial charge >= 0.3 is 0 Å². The Morgan fingerprint density at radius 2 is 2.05 bits per heavy atom. The third-order valence-electron chi connectivity index (χ3n) is 3.57. The summed E-state index contributed by atoms with van der Waals surface area (Å²) in [5.41, 5.74) is 1.53. The van der Waals surface area contributed by atoms with E-state index in [0.29, 0.717) is 16.7 Å². The van der Waals surface area contributed by atoms with Crippen molar-refractivity contribution in [1.82, 2.24) is 0 Å². The molecular formula is C16H19NO3S2. The maximum Gasteiger partial charge on any atom is 0.242 e. The Morgan fingerprint density at radius 1 is 1.41 bits per heavy atom. The van der Waals surface area contributed by atoms with Crippen LogP contribution in [0.5, 0.6) is 0 Å². The largest absolute Gasteiger partial charge is 0.479 e. The van der Waals surface area contributed by atoms with Crippen molar-refractivity contribution in [2.45, 2.75) is 38.4 Å². The van der Waals surface area contributed by atoms with E-state index in [1.165, 1.54) is 23.6 Å². The highest BCUT2D eigenvalue weighted by atomic mass is 32.2. The van der Waals surface area contributed by atoms with Gasteiger partial charge in [0, 0.05) is 11.7 Å². The number of hydrogen-bond acceptors (Lipinski definition) is 5. The lowest BCUT2D eigenvalue weighted by molar-refractivity contribution is -0.125. The van der Waals surface area contributed by atoms with Crippen molar-refractivity contribution in [2.24, 2.45) is 0 Å². The lowest BCUT2D eigenvalue weighted by Crippen LogP contribution is -2.39. The van der Waals surface area contributed by atoms with Gasteiger partial charge in [-0.2, -0.15) is 0 Å². The average Bonchev–Trinajstić information content (AvgIpc) is 2.70. The number of para-hydroxylation sites is 1. The van der Waals surface area contributed by atoms with E-state index in [0.717, 1.165) is 5.56 Å². The molecule has 2 amide bonds. The van der Waals surface area contributed by atoms with Crippen molar-refractivity contribution in [3.05, 3.63) is 29.8 Å². The fourth-order valence-electron chi connectivity index (χ4n) is 2.73. The maximum absolute atomic E-state index is 12.8. The van der Waals surface area contributed by atoms with Crippen LogP contribution in [0.3, 0.4) is 0 Å². The number of ether oxygens (including phenoxy) is 1. The van der Waals surface area contributed by atoms with Crippen molar-refractivity contribution in [1.29, 1.82) is 0 Å². The standard InChI is InChI=1S/C16H19NO3S2/c1-5-20-15(21)22-16(3,4)13-11-8-6-7-9-12(11)17(10(2)18)14(13)19/h6-9,13H,5H2,1-4H3. The molecule has 118 valence electrons. The highest BCUT2D eigenvalue weighted by molar-refractivity contribution is 8.23. The molecule has 0 aliphatic carbocycles. The first-order valence-corrected chi connectivity index (χ1v) is 8.31. The molecule has 4 nitrogen and oxygen atoms in total. The van der Waals surface area contributed by atoms with Gasteiger partial charge in [0.1, 0.15) is 0 Å². The Hall–Kier alpha value is -1.40. The molecule has 0 radical (unpaired) electrons. The second-order valence-electron chi connectivity index (χ2n) is 5.57. The van der Waals surface area contributed by atoms with Crippen LogP contribution < -0.4 is 4.90 Å². The summed E-state index contributed by atoms with van der Waals surface area (Å²) >= 11 is 6.56. The zero-order valence-electron chi connectivity index (χ0n) is 13.1. The van der Waals surface area contributed by atoms with Crippen LogP contribution in [0, 0.1) is 0 Å². The summed E-state index contributed by atoms with van der Waals surface area (Å²) in [6, 6.07) is 7.41. The number of carbonyl (C=O) groups is 2. The summed E-state index contributed by atoms with van der Waals surface area (Å²) in [6.45, 7) is 7.67. The summed E-state index contributed by atoms with van der Waals surface area (Å²) in [7, 11) is 0. The number of benzene rings is 1. The Kier molecular flexibility index (Phi) is 4.92.